The van der Waals surface area contributed by atoms with Crippen molar-refractivity contribution in [3.63, 3.8) is 0 Å². The first-order chi connectivity index (χ1) is 12.7. The van der Waals surface area contributed by atoms with Crippen LogP contribution in [0.1, 0.15) is 19.3 Å². The molecule has 1 fully saturated rings. The molecule has 2 amide bonds. The zero-order valence-corrected chi connectivity index (χ0v) is 16.6. The van der Waals surface area contributed by atoms with Crippen molar-refractivity contribution in [3.8, 4) is 5.75 Å². The normalized spacial score (nSPS) is 20.2. The van der Waals surface area contributed by atoms with Gasteiger partial charge in [0.2, 0.25) is 15.9 Å². The van der Waals surface area contributed by atoms with Crippen molar-refractivity contribution in [1.29, 1.82) is 0 Å². The maximum Gasteiger partial charge on any atom is 0.265 e. The van der Waals surface area contributed by atoms with Crippen molar-refractivity contribution in [2.24, 2.45) is 0 Å². The molecule has 1 aromatic carbocycles. The number of rotatable bonds is 5. The van der Waals surface area contributed by atoms with E-state index in [-0.39, 0.29) is 37.6 Å². The molecule has 2 aliphatic heterocycles. The maximum atomic E-state index is 12.9. The molecule has 1 saturated heterocycles. The number of benzene rings is 1. The van der Waals surface area contributed by atoms with Crippen LogP contribution < -0.4 is 14.4 Å². The van der Waals surface area contributed by atoms with Crippen molar-refractivity contribution < 1.29 is 22.7 Å². The minimum absolute atomic E-state index is 0.134. The number of carbonyl (C=O) groups excluding carboxylic acids is 2. The van der Waals surface area contributed by atoms with Crippen molar-refractivity contribution in [1.82, 2.24) is 9.62 Å². The Morgan fingerprint density at radius 1 is 1.37 bits per heavy atom. The van der Waals surface area contributed by atoms with E-state index >= 15 is 0 Å². The van der Waals surface area contributed by atoms with Crippen LogP contribution in [0, 0.1) is 0 Å². The number of nitrogens with zero attached hydrogens (tertiary/aromatic N) is 2. The molecule has 3 rings (SSSR count). The lowest BCUT2D eigenvalue weighted by Gasteiger charge is -2.38. The van der Waals surface area contributed by atoms with E-state index in [9.17, 15) is 18.0 Å². The van der Waals surface area contributed by atoms with E-state index in [0.717, 1.165) is 19.1 Å². The molecule has 1 N–H and O–H groups in total. The Hall–Kier alpha value is -1.84. The molecular formula is C17H22ClN3O5S. The molecule has 1 unspecified atom stereocenters. The van der Waals surface area contributed by atoms with Gasteiger partial charge < -0.3 is 9.64 Å². The van der Waals surface area contributed by atoms with Crippen LogP contribution in [0.2, 0.25) is 5.02 Å². The first-order valence-corrected chi connectivity index (χ1v) is 11.0. The number of sulfonamides is 1. The van der Waals surface area contributed by atoms with Crippen molar-refractivity contribution in [2.45, 2.75) is 25.3 Å². The lowest BCUT2D eigenvalue weighted by Crippen LogP contribution is -2.53. The van der Waals surface area contributed by atoms with Gasteiger partial charge in [-0.15, -0.1) is 0 Å². The van der Waals surface area contributed by atoms with Gasteiger partial charge in [-0.25, -0.2) is 13.1 Å². The van der Waals surface area contributed by atoms with Gasteiger partial charge in [-0.1, -0.05) is 11.6 Å². The Bertz CT molecular complexity index is 845. The summed E-state index contributed by atoms with van der Waals surface area (Å²) in [4.78, 5) is 28.3. The summed E-state index contributed by atoms with van der Waals surface area (Å²) in [5.74, 6) is -0.0437. The first-order valence-electron chi connectivity index (χ1n) is 8.71. The molecule has 2 heterocycles. The summed E-state index contributed by atoms with van der Waals surface area (Å²) >= 11 is 6.03. The van der Waals surface area contributed by atoms with Gasteiger partial charge in [0.25, 0.3) is 5.91 Å². The fraction of sp³-hybridized carbons (Fsp3) is 0.529. The van der Waals surface area contributed by atoms with Gasteiger partial charge in [0.1, 0.15) is 12.3 Å². The average molecular weight is 416 g/mol. The van der Waals surface area contributed by atoms with Crippen molar-refractivity contribution in [2.75, 3.05) is 37.4 Å². The minimum atomic E-state index is -3.34. The molecular weight excluding hydrogens is 394 g/mol. The third-order valence-electron chi connectivity index (χ3n) is 4.69. The Kier molecular flexibility index (Phi) is 5.92. The fourth-order valence-electron chi connectivity index (χ4n) is 3.36. The molecule has 0 aromatic heterocycles. The second kappa shape index (κ2) is 8.04. The number of hydrogen-bond donors (Lipinski definition) is 1. The average Bonchev–Trinajstić information content (AvgIpc) is 2.62. The highest BCUT2D eigenvalue weighted by molar-refractivity contribution is 7.88. The number of amides is 2. The summed E-state index contributed by atoms with van der Waals surface area (Å²) in [6.07, 6.45) is 3.58. The van der Waals surface area contributed by atoms with Crippen molar-refractivity contribution in [3.05, 3.63) is 23.2 Å². The number of piperidine rings is 1. The molecule has 1 atom stereocenters. The zero-order valence-electron chi connectivity index (χ0n) is 15.0. The topological polar surface area (TPSA) is 96.0 Å². The minimum Gasteiger partial charge on any atom is -0.482 e. The first kappa shape index (κ1) is 19.9. The zero-order chi connectivity index (χ0) is 19.6. The number of anilines is 1. The van der Waals surface area contributed by atoms with E-state index in [1.54, 1.807) is 23.1 Å². The summed E-state index contributed by atoms with van der Waals surface area (Å²) in [6.45, 7) is 0.436. The van der Waals surface area contributed by atoms with Crippen LogP contribution in [0.5, 0.6) is 5.75 Å². The number of fused-ring (bicyclic) bond motifs is 1. The van der Waals surface area contributed by atoms with Crippen LogP contribution >= 0.6 is 11.6 Å². The molecule has 0 radical (unpaired) electrons. The van der Waals surface area contributed by atoms with E-state index in [0.29, 0.717) is 29.4 Å². The number of hydrogen-bond acceptors (Lipinski definition) is 5. The third-order valence-corrected chi connectivity index (χ3v) is 5.61. The van der Waals surface area contributed by atoms with Crippen LogP contribution in [-0.2, 0) is 19.6 Å². The Labute approximate surface area is 163 Å². The van der Waals surface area contributed by atoms with Gasteiger partial charge >= 0.3 is 0 Å². The molecule has 148 valence electrons. The van der Waals surface area contributed by atoms with E-state index in [2.05, 4.69) is 4.72 Å². The lowest BCUT2D eigenvalue weighted by molar-refractivity contribution is -0.135. The summed E-state index contributed by atoms with van der Waals surface area (Å²) in [7, 11) is -3.34. The van der Waals surface area contributed by atoms with Crippen LogP contribution in [0.15, 0.2) is 18.2 Å². The number of ether oxygens (including phenoxy) is 1. The highest BCUT2D eigenvalue weighted by Crippen LogP contribution is 2.34. The smallest absolute Gasteiger partial charge is 0.265 e. The van der Waals surface area contributed by atoms with E-state index in [1.165, 1.54) is 4.90 Å². The number of carbonyl (C=O) groups is 2. The second-order valence-electron chi connectivity index (χ2n) is 6.74. The summed E-state index contributed by atoms with van der Waals surface area (Å²) in [5, 5.41) is 0.442. The molecule has 0 saturated carbocycles. The quantitative estimate of drug-likeness (QED) is 0.773. The van der Waals surface area contributed by atoms with E-state index in [1.807, 2.05) is 0 Å². The van der Waals surface area contributed by atoms with Crippen LogP contribution in [0.25, 0.3) is 0 Å². The molecule has 10 heteroatoms. The molecule has 0 spiro atoms. The van der Waals surface area contributed by atoms with Gasteiger partial charge in [-0.2, -0.15) is 0 Å². The lowest BCUT2D eigenvalue weighted by atomic mass is 10.0. The number of nitrogens with one attached hydrogen (secondary N) is 1. The summed E-state index contributed by atoms with van der Waals surface area (Å²) < 4.78 is 30.6. The SMILES string of the molecule is CS(=O)(=O)NCC1CCCCN1C(=O)CN1C(=O)COc2ccc(Cl)cc21. The second-order valence-corrected chi connectivity index (χ2v) is 9.01. The van der Waals surface area contributed by atoms with Crippen LogP contribution in [-0.4, -0.2) is 63.7 Å². The monoisotopic (exact) mass is 415 g/mol. The molecule has 0 bridgehead atoms. The Morgan fingerprint density at radius 2 is 2.15 bits per heavy atom. The predicted octanol–water partition coefficient (Wildman–Crippen LogP) is 0.996. The number of likely N-dealkylation sites (tertiary alicyclic amines) is 1. The van der Waals surface area contributed by atoms with Gasteiger partial charge in [0.15, 0.2) is 6.61 Å². The molecule has 1 aromatic rings. The van der Waals surface area contributed by atoms with Crippen molar-refractivity contribution >= 4 is 39.1 Å². The highest BCUT2D eigenvalue weighted by Gasteiger charge is 2.32. The Balaban J connectivity index is 1.75. The summed E-state index contributed by atoms with van der Waals surface area (Å²) in [5.41, 5.74) is 0.468. The van der Waals surface area contributed by atoms with Gasteiger partial charge in [-0.3, -0.25) is 14.5 Å². The fourth-order valence-corrected chi connectivity index (χ4v) is 4.02. The third kappa shape index (κ3) is 4.91. The predicted molar refractivity (Wildman–Crippen MR) is 101 cm³/mol. The van der Waals surface area contributed by atoms with E-state index in [4.69, 9.17) is 16.3 Å². The highest BCUT2D eigenvalue weighted by atomic mass is 35.5. The number of halogens is 1. The maximum absolute atomic E-state index is 12.9. The standard InChI is InChI=1S/C17H22ClN3O5S/c1-27(24,25)19-9-13-4-2-3-7-20(13)16(22)10-21-14-8-12(18)5-6-15(14)26-11-17(21)23/h5-6,8,13,19H,2-4,7,9-11H2,1H3. The molecule has 0 aliphatic carbocycles. The van der Waals surface area contributed by atoms with Crippen LogP contribution in [0.4, 0.5) is 5.69 Å². The summed E-state index contributed by atoms with van der Waals surface area (Å²) in [6, 6.07) is 4.70. The largest absolute Gasteiger partial charge is 0.482 e. The van der Waals surface area contributed by atoms with Gasteiger partial charge in [0.05, 0.1) is 11.9 Å². The van der Waals surface area contributed by atoms with Crippen LogP contribution in [0.3, 0.4) is 0 Å². The van der Waals surface area contributed by atoms with Gasteiger partial charge in [0, 0.05) is 24.2 Å². The molecule has 2 aliphatic rings. The molecule has 27 heavy (non-hydrogen) atoms. The Morgan fingerprint density at radius 3 is 2.89 bits per heavy atom. The molecule has 8 nitrogen and oxygen atoms in total. The van der Waals surface area contributed by atoms with Gasteiger partial charge in [-0.05, 0) is 37.5 Å². The van der Waals surface area contributed by atoms with E-state index < -0.39 is 10.0 Å².